The van der Waals surface area contributed by atoms with Crippen LogP contribution in [-0.4, -0.2) is 23.2 Å². The molecule has 0 saturated carbocycles. The molecular formula is C11H20N2OS. The minimum atomic E-state index is 0.0377. The standard InChI is InChI=1S/C11H20N2OS/c1-3-11(4-2,8-14)7-12-5-10-6-15-9-13-10/h6,9,12,14H,3-5,7-8H2,1-2H3. The highest BCUT2D eigenvalue weighted by atomic mass is 32.1. The number of aromatic nitrogens is 1. The molecule has 4 heteroatoms. The van der Waals surface area contributed by atoms with E-state index >= 15 is 0 Å². The molecule has 0 aliphatic heterocycles. The van der Waals surface area contributed by atoms with Gasteiger partial charge in [-0.2, -0.15) is 0 Å². The van der Waals surface area contributed by atoms with Gasteiger partial charge < -0.3 is 10.4 Å². The highest BCUT2D eigenvalue weighted by molar-refractivity contribution is 7.07. The fraction of sp³-hybridized carbons (Fsp3) is 0.727. The summed E-state index contributed by atoms with van der Waals surface area (Å²) in [6.07, 6.45) is 2.01. The monoisotopic (exact) mass is 228 g/mol. The minimum absolute atomic E-state index is 0.0377. The van der Waals surface area contributed by atoms with Crippen LogP contribution in [0, 0.1) is 5.41 Å². The molecule has 1 rings (SSSR count). The van der Waals surface area contributed by atoms with Crippen molar-refractivity contribution in [2.75, 3.05) is 13.2 Å². The Balaban J connectivity index is 2.34. The first-order valence-corrected chi connectivity index (χ1v) is 6.39. The number of thiazole rings is 1. The summed E-state index contributed by atoms with van der Waals surface area (Å²) >= 11 is 1.61. The molecule has 0 atom stereocenters. The summed E-state index contributed by atoms with van der Waals surface area (Å²) in [7, 11) is 0. The Morgan fingerprint density at radius 2 is 2.20 bits per heavy atom. The van der Waals surface area contributed by atoms with Crippen molar-refractivity contribution in [3.8, 4) is 0 Å². The second-order valence-electron chi connectivity index (χ2n) is 3.95. The van der Waals surface area contributed by atoms with Crippen molar-refractivity contribution in [2.24, 2.45) is 5.41 Å². The number of nitrogens with zero attached hydrogens (tertiary/aromatic N) is 1. The topological polar surface area (TPSA) is 45.1 Å². The number of nitrogens with one attached hydrogen (secondary N) is 1. The van der Waals surface area contributed by atoms with Crippen molar-refractivity contribution >= 4 is 11.3 Å². The van der Waals surface area contributed by atoms with E-state index in [4.69, 9.17) is 0 Å². The summed E-state index contributed by atoms with van der Waals surface area (Å²) in [5.74, 6) is 0. The van der Waals surface area contributed by atoms with Crippen molar-refractivity contribution in [3.05, 3.63) is 16.6 Å². The molecule has 0 unspecified atom stereocenters. The van der Waals surface area contributed by atoms with Gasteiger partial charge in [0.2, 0.25) is 0 Å². The summed E-state index contributed by atoms with van der Waals surface area (Å²) < 4.78 is 0. The summed E-state index contributed by atoms with van der Waals surface area (Å²) in [4.78, 5) is 4.21. The zero-order chi connectivity index (χ0) is 11.1. The Kier molecular flexibility index (Phi) is 5.22. The molecule has 0 aromatic carbocycles. The number of aliphatic hydroxyl groups excluding tert-OH is 1. The second kappa shape index (κ2) is 6.20. The van der Waals surface area contributed by atoms with E-state index in [2.05, 4.69) is 24.1 Å². The molecule has 1 aromatic heterocycles. The van der Waals surface area contributed by atoms with Gasteiger partial charge in [-0.05, 0) is 12.8 Å². The van der Waals surface area contributed by atoms with Crippen LogP contribution in [0.25, 0.3) is 0 Å². The van der Waals surface area contributed by atoms with Gasteiger partial charge in [0, 0.05) is 30.5 Å². The number of hydrogen-bond acceptors (Lipinski definition) is 4. The summed E-state index contributed by atoms with van der Waals surface area (Å²) in [5, 5.41) is 14.8. The van der Waals surface area contributed by atoms with Crippen molar-refractivity contribution in [1.29, 1.82) is 0 Å². The minimum Gasteiger partial charge on any atom is -0.396 e. The number of hydrogen-bond donors (Lipinski definition) is 2. The maximum Gasteiger partial charge on any atom is 0.0795 e. The van der Waals surface area contributed by atoms with E-state index in [0.717, 1.165) is 31.6 Å². The third-order valence-corrected chi connectivity index (χ3v) is 3.76. The van der Waals surface area contributed by atoms with E-state index in [1.807, 2.05) is 10.9 Å². The molecule has 0 saturated heterocycles. The maximum atomic E-state index is 9.38. The first-order chi connectivity index (χ1) is 7.26. The predicted molar refractivity (Wildman–Crippen MR) is 63.9 cm³/mol. The van der Waals surface area contributed by atoms with Crippen LogP contribution in [0.5, 0.6) is 0 Å². The van der Waals surface area contributed by atoms with Gasteiger partial charge in [0.1, 0.15) is 0 Å². The first kappa shape index (κ1) is 12.6. The summed E-state index contributed by atoms with van der Waals surface area (Å²) in [5.41, 5.74) is 2.96. The van der Waals surface area contributed by atoms with E-state index in [0.29, 0.717) is 0 Å². The van der Waals surface area contributed by atoms with E-state index in [-0.39, 0.29) is 12.0 Å². The average Bonchev–Trinajstić information content (AvgIpc) is 2.78. The summed E-state index contributed by atoms with van der Waals surface area (Å²) in [6, 6.07) is 0. The SMILES string of the molecule is CCC(CC)(CO)CNCc1cscn1. The van der Waals surface area contributed by atoms with Gasteiger partial charge in [0.15, 0.2) is 0 Å². The van der Waals surface area contributed by atoms with E-state index in [1.54, 1.807) is 11.3 Å². The van der Waals surface area contributed by atoms with Gasteiger partial charge in [-0.15, -0.1) is 11.3 Å². The molecule has 2 N–H and O–H groups in total. The molecule has 0 fully saturated rings. The Morgan fingerprint density at radius 1 is 1.47 bits per heavy atom. The maximum absolute atomic E-state index is 9.38. The van der Waals surface area contributed by atoms with Crippen LogP contribution in [0.1, 0.15) is 32.4 Å². The molecule has 0 bridgehead atoms. The van der Waals surface area contributed by atoms with E-state index in [1.165, 1.54) is 0 Å². The van der Waals surface area contributed by atoms with Crippen LogP contribution < -0.4 is 5.32 Å². The lowest BCUT2D eigenvalue weighted by Gasteiger charge is -2.29. The molecular weight excluding hydrogens is 208 g/mol. The average molecular weight is 228 g/mol. The highest BCUT2D eigenvalue weighted by Crippen LogP contribution is 2.24. The Hall–Kier alpha value is -0.450. The molecule has 0 spiro atoms. The van der Waals surface area contributed by atoms with E-state index < -0.39 is 0 Å². The molecule has 1 heterocycles. The summed E-state index contributed by atoms with van der Waals surface area (Å²) in [6.45, 7) is 6.16. The lowest BCUT2D eigenvalue weighted by atomic mass is 9.83. The Bertz CT molecular complexity index is 249. The molecule has 0 amide bonds. The fourth-order valence-corrected chi connectivity index (χ4v) is 2.12. The normalized spacial score (nSPS) is 11.9. The van der Waals surface area contributed by atoms with Gasteiger partial charge >= 0.3 is 0 Å². The smallest absolute Gasteiger partial charge is 0.0795 e. The predicted octanol–water partition coefficient (Wildman–Crippen LogP) is 2.03. The Morgan fingerprint density at radius 3 is 2.67 bits per heavy atom. The van der Waals surface area contributed by atoms with Crippen LogP contribution in [0.2, 0.25) is 0 Å². The number of rotatable bonds is 7. The van der Waals surface area contributed by atoms with Crippen molar-refractivity contribution in [2.45, 2.75) is 33.2 Å². The first-order valence-electron chi connectivity index (χ1n) is 5.45. The van der Waals surface area contributed by atoms with Gasteiger partial charge in [-0.1, -0.05) is 13.8 Å². The van der Waals surface area contributed by atoms with Crippen molar-refractivity contribution in [3.63, 3.8) is 0 Å². The lowest BCUT2D eigenvalue weighted by molar-refractivity contribution is 0.113. The van der Waals surface area contributed by atoms with Gasteiger partial charge in [0.05, 0.1) is 11.2 Å². The zero-order valence-electron chi connectivity index (χ0n) is 9.49. The molecule has 3 nitrogen and oxygen atoms in total. The van der Waals surface area contributed by atoms with Crippen LogP contribution in [0.15, 0.2) is 10.9 Å². The van der Waals surface area contributed by atoms with Crippen LogP contribution >= 0.6 is 11.3 Å². The van der Waals surface area contributed by atoms with E-state index in [9.17, 15) is 5.11 Å². The highest BCUT2D eigenvalue weighted by Gasteiger charge is 2.24. The largest absolute Gasteiger partial charge is 0.396 e. The molecule has 0 aliphatic carbocycles. The quantitative estimate of drug-likeness (QED) is 0.750. The van der Waals surface area contributed by atoms with Crippen LogP contribution in [0.3, 0.4) is 0 Å². The van der Waals surface area contributed by atoms with Gasteiger partial charge in [-0.25, -0.2) is 4.98 Å². The third kappa shape index (κ3) is 3.55. The van der Waals surface area contributed by atoms with Gasteiger partial charge in [0.25, 0.3) is 0 Å². The zero-order valence-corrected chi connectivity index (χ0v) is 10.3. The molecule has 1 aromatic rings. The fourth-order valence-electron chi connectivity index (χ4n) is 1.56. The molecule has 0 radical (unpaired) electrons. The second-order valence-corrected chi connectivity index (χ2v) is 4.67. The lowest BCUT2D eigenvalue weighted by Crippen LogP contribution is -2.36. The van der Waals surface area contributed by atoms with Crippen LogP contribution in [-0.2, 0) is 6.54 Å². The van der Waals surface area contributed by atoms with Gasteiger partial charge in [-0.3, -0.25) is 0 Å². The number of aliphatic hydroxyl groups is 1. The Labute approximate surface area is 95.6 Å². The molecule has 15 heavy (non-hydrogen) atoms. The van der Waals surface area contributed by atoms with Crippen molar-refractivity contribution in [1.82, 2.24) is 10.3 Å². The van der Waals surface area contributed by atoms with Crippen LogP contribution in [0.4, 0.5) is 0 Å². The molecule has 86 valence electrons. The van der Waals surface area contributed by atoms with Crippen molar-refractivity contribution < 1.29 is 5.11 Å². The molecule has 0 aliphatic rings. The third-order valence-electron chi connectivity index (χ3n) is 3.12.